The molecule has 2 rings (SSSR count). The van der Waals surface area contributed by atoms with Crippen molar-refractivity contribution in [1.82, 2.24) is 0 Å². The first-order valence-corrected chi connectivity index (χ1v) is 6.41. The Bertz CT molecular complexity index is 241. The summed E-state index contributed by atoms with van der Waals surface area (Å²) in [4.78, 5) is 0. The summed E-state index contributed by atoms with van der Waals surface area (Å²) in [6.45, 7) is 6.99. The lowest BCUT2D eigenvalue weighted by atomic mass is 9.85. The van der Waals surface area contributed by atoms with Gasteiger partial charge < -0.3 is 15.2 Å². The maximum absolute atomic E-state index is 6.12. The summed E-state index contributed by atoms with van der Waals surface area (Å²) in [5.74, 6) is 1.17. The van der Waals surface area contributed by atoms with Crippen molar-refractivity contribution in [2.45, 2.75) is 38.7 Å². The summed E-state index contributed by atoms with van der Waals surface area (Å²) >= 11 is 0. The predicted octanol–water partition coefficient (Wildman–Crippen LogP) is 1.80. The van der Waals surface area contributed by atoms with Gasteiger partial charge >= 0.3 is 0 Å². The second-order valence-electron chi connectivity index (χ2n) is 5.94. The van der Waals surface area contributed by atoms with E-state index in [0.29, 0.717) is 17.3 Å². The molecule has 2 fully saturated rings. The summed E-state index contributed by atoms with van der Waals surface area (Å²) in [5.41, 5.74) is 6.13. The molecule has 0 aromatic heterocycles. The quantitative estimate of drug-likeness (QED) is 0.796. The van der Waals surface area contributed by atoms with Crippen molar-refractivity contribution in [3.63, 3.8) is 0 Å². The predicted molar refractivity (Wildman–Crippen MR) is 64.2 cm³/mol. The Labute approximate surface area is 98.7 Å². The van der Waals surface area contributed by atoms with Gasteiger partial charge in [0, 0.05) is 19.6 Å². The third-order valence-corrected chi connectivity index (χ3v) is 4.64. The van der Waals surface area contributed by atoms with Gasteiger partial charge in [-0.25, -0.2) is 0 Å². The molecular formula is C13H25NO2. The monoisotopic (exact) mass is 227 g/mol. The van der Waals surface area contributed by atoms with Crippen LogP contribution in [0.2, 0.25) is 0 Å². The van der Waals surface area contributed by atoms with Gasteiger partial charge in [0.15, 0.2) is 0 Å². The zero-order chi connectivity index (χ0) is 11.8. The van der Waals surface area contributed by atoms with E-state index < -0.39 is 0 Å². The molecule has 2 aliphatic rings. The van der Waals surface area contributed by atoms with Gasteiger partial charge in [0.1, 0.15) is 0 Å². The molecule has 94 valence electrons. The molecule has 1 heterocycles. The molecule has 0 bridgehead atoms. The molecule has 0 aromatic rings. The zero-order valence-electron chi connectivity index (χ0n) is 10.8. The highest BCUT2D eigenvalue weighted by Gasteiger charge is 2.66. The van der Waals surface area contributed by atoms with Gasteiger partial charge in [0.2, 0.25) is 0 Å². The maximum Gasteiger partial charge on any atom is 0.0951 e. The van der Waals surface area contributed by atoms with Crippen molar-refractivity contribution >= 4 is 0 Å². The highest BCUT2D eigenvalue weighted by molar-refractivity contribution is 5.15. The topological polar surface area (TPSA) is 44.5 Å². The smallest absolute Gasteiger partial charge is 0.0951 e. The van der Waals surface area contributed by atoms with Gasteiger partial charge in [-0.1, -0.05) is 13.8 Å². The number of nitrogens with two attached hydrogens (primary N) is 1. The molecule has 3 atom stereocenters. The Morgan fingerprint density at radius 1 is 1.38 bits per heavy atom. The van der Waals surface area contributed by atoms with Crippen LogP contribution >= 0.6 is 0 Å². The third kappa shape index (κ3) is 1.79. The van der Waals surface area contributed by atoms with Crippen molar-refractivity contribution in [1.29, 1.82) is 0 Å². The summed E-state index contributed by atoms with van der Waals surface area (Å²) in [6.07, 6.45) is 3.57. The number of methoxy groups -OCH3 is 1. The fraction of sp³-hybridized carbons (Fsp3) is 1.00. The van der Waals surface area contributed by atoms with E-state index in [1.807, 2.05) is 0 Å². The van der Waals surface area contributed by atoms with E-state index in [1.165, 1.54) is 12.8 Å². The molecule has 0 spiro atoms. The highest BCUT2D eigenvalue weighted by atomic mass is 16.5. The molecule has 3 nitrogen and oxygen atoms in total. The molecule has 0 amide bonds. The Morgan fingerprint density at radius 3 is 2.56 bits per heavy atom. The first-order valence-electron chi connectivity index (χ1n) is 6.41. The molecule has 1 saturated heterocycles. The first-order chi connectivity index (χ1) is 7.58. The summed E-state index contributed by atoms with van der Waals surface area (Å²) < 4.78 is 11.5. The van der Waals surface area contributed by atoms with Gasteiger partial charge in [0.25, 0.3) is 0 Å². The molecule has 0 radical (unpaired) electrons. The van der Waals surface area contributed by atoms with E-state index in [2.05, 4.69) is 13.8 Å². The second-order valence-corrected chi connectivity index (χ2v) is 5.94. The molecule has 0 aromatic carbocycles. The van der Waals surface area contributed by atoms with Gasteiger partial charge in [-0.2, -0.15) is 0 Å². The lowest BCUT2D eigenvalue weighted by Gasteiger charge is -2.38. The third-order valence-electron chi connectivity index (χ3n) is 4.64. The standard InChI is InChI=1S/C13H25NO2/c1-12(2)10(8-14)11(12)13(9-15-3)6-4-5-7-16-13/h10-11H,4-9,14H2,1-3H3/t10-,11-,13?/m0/s1. The fourth-order valence-electron chi connectivity index (χ4n) is 3.80. The largest absolute Gasteiger partial charge is 0.382 e. The van der Waals surface area contributed by atoms with E-state index in [0.717, 1.165) is 26.2 Å². The van der Waals surface area contributed by atoms with Crippen molar-refractivity contribution < 1.29 is 9.47 Å². The van der Waals surface area contributed by atoms with Crippen molar-refractivity contribution in [2.75, 3.05) is 26.9 Å². The molecule has 2 N–H and O–H groups in total. The van der Waals surface area contributed by atoms with Gasteiger partial charge in [0.05, 0.1) is 12.2 Å². The van der Waals surface area contributed by atoms with Crippen LogP contribution in [0.3, 0.4) is 0 Å². The Hall–Kier alpha value is -0.120. The highest BCUT2D eigenvalue weighted by Crippen LogP contribution is 2.64. The second kappa shape index (κ2) is 4.28. The Kier molecular flexibility index (Phi) is 3.30. The van der Waals surface area contributed by atoms with Crippen LogP contribution in [0.25, 0.3) is 0 Å². The minimum atomic E-state index is -0.0550. The Balaban J connectivity index is 2.14. The van der Waals surface area contributed by atoms with E-state index >= 15 is 0 Å². The van der Waals surface area contributed by atoms with Crippen molar-refractivity contribution in [3.8, 4) is 0 Å². The first kappa shape index (κ1) is 12.3. The van der Waals surface area contributed by atoms with E-state index in [-0.39, 0.29) is 5.60 Å². The minimum absolute atomic E-state index is 0.0550. The zero-order valence-corrected chi connectivity index (χ0v) is 10.8. The summed E-state index contributed by atoms with van der Waals surface area (Å²) in [5, 5.41) is 0. The molecule has 3 heteroatoms. The number of ether oxygens (including phenoxy) is 2. The molecule has 1 saturated carbocycles. The molecule has 1 aliphatic heterocycles. The van der Waals surface area contributed by atoms with Crippen LogP contribution in [-0.4, -0.2) is 32.5 Å². The van der Waals surface area contributed by atoms with Crippen LogP contribution in [0.5, 0.6) is 0 Å². The number of rotatable bonds is 4. The van der Waals surface area contributed by atoms with Gasteiger partial charge in [-0.15, -0.1) is 0 Å². The van der Waals surface area contributed by atoms with Crippen LogP contribution in [-0.2, 0) is 9.47 Å². The van der Waals surface area contributed by atoms with Crippen LogP contribution in [0, 0.1) is 17.3 Å². The van der Waals surface area contributed by atoms with Crippen molar-refractivity contribution in [3.05, 3.63) is 0 Å². The molecule has 1 unspecified atom stereocenters. The molecule has 16 heavy (non-hydrogen) atoms. The summed E-state index contributed by atoms with van der Waals surface area (Å²) in [7, 11) is 1.77. The lowest BCUT2D eigenvalue weighted by Crippen LogP contribution is -2.44. The van der Waals surface area contributed by atoms with Crippen LogP contribution in [0.15, 0.2) is 0 Å². The van der Waals surface area contributed by atoms with E-state index in [9.17, 15) is 0 Å². The van der Waals surface area contributed by atoms with Crippen LogP contribution in [0.4, 0.5) is 0 Å². The summed E-state index contributed by atoms with van der Waals surface area (Å²) in [6, 6.07) is 0. The SMILES string of the molecule is COCC1([C@H]2[C@H](CN)C2(C)C)CCCCO1. The average Bonchev–Trinajstić information content (AvgIpc) is 2.83. The Morgan fingerprint density at radius 2 is 2.12 bits per heavy atom. The van der Waals surface area contributed by atoms with Gasteiger partial charge in [-0.3, -0.25) is 0 Å². The minimum Gasteiger partial charge on any atom is -0.382 e. The molecule has 1 aliphatic carbocycles. The molecular weight excluding hydrogens is 202 g/mol. The lowest BCUT2D eigenvalue weighted by molar-refractivity contribution is -0.136. The number of hydrogen-bond acceptors (Lipinski definition) is 3. The number of hydrogen-bond donors (Lipinski definition) is 1. The maximum atomic E-state index is 6.12. The van der Waals surface area contributed by atoms with Gasteiger partial charge in [-0.05, 0) is 37.1 Å². The van der Waals surface area contributed by atoms with E-state index in [4.69, 9.17) is 15.2 Å². The van der Waals surface area contributed by atoms with E-state index in [1.54, 1.807) is 7.11 Å². The van der Waals surface area contributed by atoms with Crippen molar-refractivity contribution in [2.24, 2.45) is 23.0 Å². The fourth-order valence-corrected chi connectivity index (χ4v) is 3.80. The normalized spacial score (nSPS) is 42.0. The van der Waals surface area contributed by atoms with Crippen LogP contribution in [0.1, 0.15) is 33.1 Å². The average molecular weight is 227 g/mol. The van der Waals surface area contributed by atoms with Crippen LogP contribution < -0.4 is 5.73 Å².